The number of halogens is 1. The molecule has 1 aliphatic carbocycles. The summed E-state index contributed by atoms with van der Waals surface area (Å²) in [6.07, 6.45) is 2.17. The average molecular weight is 368 g/mol. The van der Waals surface area contributed by atoms with Gasteiger partial charge in [0.2, 0.25) is 5.91 Å². The summed E-state index contributed by atoms with van der Waals surface area (Å²) in [5.74, 6) is 0.192. The van der Waals surface area contributed by atoms with Crippen LogP contribution in [0.4, 0.5) is 10.1 Å². The summed E-state index contributed by atoms with van der Waals surface area (Å²) in [5.41, 5.74) is 1.48. The van der Waals surface area contributed by atoms with Gasteiger partial charge in [-0.3, -0.25) is 9.59 Å². The Morgan fingerprint density at radius 3 is 2.78 bits per heavy atom. The van der Waals surface area contributed by atoms with E-state index in [0.29, 0.717) is 24.5 Å². The van der Waals surface area contributed by atoms with Gasteiger partial charge in [0.1, 0.15) is 11.6 Å². The fraction of sp³-hybridized carbons (Fsp3) is 0.333. The molecule has 5 nitrogen and oxygen atoms in total. The van der Waals surface area contributed by atoms with E-state index in [1.165, 1.54) is 12.1 Å². The lowest BCUT2D eigenvalue weighted by Gasteiger charge is -2.30. The number of hydrogen-bond donors (Lipinski definition) is 0. The molecule has 0 saturated heterocycles. The quantitative estimate of drug-likeness (QED) is 0.787. The van der Waals surface area contributed by atoms with Gasteiger partial charge in [-0.25, -0.2) is 4.39 Å². The first-order valence-electron chi connectivity index (χ1n) is 9.18. The van der Waals surface area contributed by atoms with E-state index in [9.17, 15) is 14.0 Å². The number of rotatable bonds is 6. The Bertz CT molecular complexity index is 866. The molecular formula is C21H21FN2O3. The van der Waals surface area contributed by atoms with E-state index in [4.69, 9.17) is 4.74 Å². The number of hydrogen-bond acceptors (Lipinski definition) is 3. The molecule has 0 N–H and O–H groups in total. The minimum absolute atomic E-state index is 0.0131. The maximum Gasteiger partial charge on any atom is 0.265 e. The third-order valence-corrected chi connectivity index (χ3v) is 4.91. The van der Waals surface area contributed by atoms with E-state index in [2.05, 4.69) is 0 Å². The number of nitrogens with zero attached hydrogens (tertiary/aromatic N) is 2. The molecule has 1 heterocycles. The van der Waals surface area contributed by atoms with Crippen molar-refractivity contribution in [1.82, 2.24) is 4.90 Å². The lowest BCUT2D eigenvalue weighted by atomic mass is 10.2. The highest BCUT2D eigenvalue weighted by molar-refractivity contribution is 5.98. The smallest absolute Gasteiger partial charge is 0.265 e. The number of fused-ring (bicyclic) bond motifs is 1. The summed E-state index contributed by atoms with van der Waals surface area (Å²) in [4.78, 5) is 28.5. The van der Waals surface area contributed by atoms with Gasteiger partial charge in [0.25, 0.3) is 5.91 Å². The molecule has 2 aromatic carbocycles. The zero-order chi connectivity index (χ0) is 18.8. The highest BCUT2D eigenvalue weighted by Gasteiger charge is 2.33. The Morgan fingerprint density at radius 1 is 1.19 bits per heavy atom. The number of carbonyl (C=O) groups excluding carboxylic acids is 2. The minimum Gasteiger partial charge on any atom is -0.482 e. The average Bonchev–Trinajstić information content (AvgIpc) is 3.50. The van der Waals surface area contributed by atoms with Crippen LogP contribution in [0.25, 0.3) is 0 Å². The summed E-state index contributed by atoms with van der Waals surface area (Å²) in [6, 6.07) is 13.9. The standard InChI is InChI=1S/C21H21FN2O3/c22-16-5-3-4-15(12-16)13-24(17-8-9-17)20(25)10-11-23-18-6-1-2-7-19(18)27-14-21(23)26/h1-7,12,17H,8-11,13-14H2. The lowest BCUT2D eigenvalue weighted by molar-refractivity contribution is -0.132. The zero-order valence-electron chi connectivity index (χ0n) is 14.9. The van der Waals surface area contributed by atoms with Gasteiger partial charge in [0.05, 0.1) is 5.69 Å². The Morgan fingerprint density at radius 2 is 2.00 bits per heavy atom. The Balaban J connectivity index is 1.44. The van der Waals surface area contributed by atoms with Gasteiger partial charge < -0.3 is 14.5 Å². The zero-order valence-corrected chi connectivity index (χ0v) is 14.9. The van der Waals surface area contributed by atoms with Crippen LogP contribution in [-0.4, -0.2) is 35.9 Å². The van der Waals surface area contributed by atoms with Crippen molar-refractivity contribution in [3.8, 4) is 5.75 Å². The first kappa shape index (κ1) is 17.5. The molecule has 0 spiro atoms. The van der Waals surface area contributed by atoms with Gasteiger partial charge in [-0.05, 0) is 42.7 Å². The molecule has 1 fully saturated rings. The van der Waals surface area contributed by atoms with Crippen molar-refractivity contribution >= 4 is 17.5 Å². The number of ether oxygens (including phenoxy) is 1. The summed E-state index contributed by atoms with van der Waals surface area (Å²) >= 11 is 0. The van der Waals surface area contributed by atoms with Crippen LogP contribution in [0, 0.1) is 5.82 Å². The van der Waals surface area contributed by atoms with Gasteiger partial charge in [0.15, 0.2) is 6.61 Å². The fourth-order valence-electron chi connectivity index (χ4n) is 3.39. The van der Waals surface area contributed by atoms with E-state index < -0.39 is 0 Å². The van der Waals surface area contributed by atoms with Crippen molar-refractivity contribution in [3.05, 3.63) is 59.9 Å². The van der Waals surface area contributed by atoms with Crippen LogP contribution in [0.3, 0.4) is 0 Å². The summed E-state index contributed by atoms with van der Waals surface area (Å²) < 4.78 is 18.9. The first-order valence-corrected chi connectivity index (χ1v) is 9.18. The normalized spacial score (nSPS) is 15.9. The van der Waals surface area contributed by atoms with E-state index in [0.717, 1.165) is 18.4 Å². The van der Waals surface area contributed by atoms with E-state index in [-0.39, 0.29) is 36.7 Å². The fourth-order valence-corrected chi connectivity index (χ4v) is 3.39. The number of para-hydroxylation sites is 2. The second-order valence-electron chi connectivity index (χ2n) is 6.93. The Kier molecular flexibility index (Phi) is 4.79. The maximum absolute atomic E-state index is 13.5. The van der Waals surface area contributed by atoms with Crippen LogP contribution in [0.2, 0.25) is 0 Å². The number of anilines is 1. The van der Waals surface area contributed by atoms with Gasteiger partial charge >= 0.3 is 0 Å². The van der Waals surface area contributed by atoms with Crippen LogP contribution < -0.4 is 9.64 Å². The lowest BCUT2D eigenvalue weighted by Crippen LogP contribution is -2.42. The van der Waals surface area contributed by atoms with Gasteiger partial charge in [-0.2, -0.15) is 0 Å². The van der Waals surface area contributed by atoms with Crippen molar-refractivity contribution in [3.63, 3.8) is 0 Å². The predicted octanol–water partition coefficient (Wildman–Crippen LogP) is 3.13. The van der Waals surface area contributed by atoms with Crippen LogP contribution >= 0.6 is 0 Å². The van der Waals surface area contributed by atoms with E-state index >= 15 is 0 Å². The van der Waals surface area contributed by atoms with Crippen LogP contribution in [0.15, 0.2) is 48.5 Å². The van der Waals surface area contributed by atoms with Gasteiger partial charge in [-0.15, -0.1) is 0 Å². The molecule has 4 rings (SSSR count). The molecule has 0 radical (unpaired) electrons. The van der Waals surface area contributed by atoms with Gasteiger partial charge in [-0.1, -0.05) is 24.3 Å². The predicted molar refractivity (Wildman–Crippen MR) is 98.9 cm³/mol. The molecule has 1 aliphatic heterocycles. The van der Waals surface area contributed by atoms with Crippen molar-refractivity contribution in [2.45, 2.75) is 31.8 Å². The molecule has 140 valence electrons. The van der Waals surface area contributed by atoms with Crippen molar-refractivity contribution in [1.29, 1.82) is 0 Å². The largest absolute Gasteiger partial charge is 0.482 e. The molecule has 0 atom stereocenters. The third kappa shape index (κ3) is 3.94. The van der Waals surface area contributed by atoms with Crippen molar-refractivity contribution < 1.29 is 18.7 Å². The Hall–Kier alpha value is -2.89. The molecule has 2 aliphatic rings. The van der Waals surface area contributed by atoms with Crippen LogP contribution in [0.1, 0.15) is 24.8 Å². The molecule has 0 bridgehead atoms. The monoisotopic (exact) mass is 368 g/mol. The molecule has 2 aromatic rings. The molecule has 27 heavy (non-hydrogen) atoms. The van der Waals surface area contributed by atoms with Crippen LogP contribution in [-0.2, 0) is 16.1 Å². The Labute approximate surface area is 157 Å². The summed E-state index contributed by atoms with van der Waals surface area (Å²) in [7, 11) is 0. The number of benzene rings is 2. The molecule has 2 amide bonds. The highest BCUT2D eigenvalue weighted by Crippen LogP contribution is 2.32. The number of carbonyl (C=O) groups is 2. The number of amides is 2. The molecule has 6 heteroatoms. The van der Waals surface area contributed by atoms with E-state index in [1.807, 2.05) is 35.2 Å². The van der Waals surface area contributed by atoms with Crippen molar-refractivity contribution in [2.24, 2.45) is 0 Å². The molecule has 0 unspecified atom stereocenters. The molecule has 1 saturated carbocycles. The second-order valence-corrected chi connectivity index (χ2v) is 6.93. The summed E-state index contributed by atoms with van der Waals surface area (Å²) in [6.45, 7) is 0.695. The minimum atomic E-state index is -0.300. The topological polar surface area (TPSA) is 49.9 Å². The maximum atomic E-state index is 13.5. The highest BCUT2D eigenvalue weighted by atomic mass is 19.1. The summed E-state index contributed by atoms with van der Waals surface area (Å²) in [5, 5.41) is 0. The molecular weight excluding hydrogens is 347 g/mol. The SMILES string of the molecule is O=C1COc2ccccc2N1CCC(=O)N(Cc1cccc(F)c1)C1CC1. The first-order chi connectivity index (χ1) is 13.1. The van der Waals surface area contributed by atoms with Crippen LogP contribution in [0.5, 0.6) is 5.75 Å². The van der Waals surface area contributed by atoms with Gasteiger partial charge in [0, 0.05) is 25.6 Å². The van der Waals surface area contributed by atoms with Crippen molar-refractivity contribution in [2.75, 3.05) is 18.1 Å². The third-order valence-electron chi connectivity index (χ3n) is 4.91. The van der Waals surface area contributed by atoms with E-state index in [1.54, 1.807) is 11.0 Å². The molecule has 0 aromatic heterocycles. The second kappa shape index (κ2) is 7.39.